The zero-order valence-corrected chi connectivity index (χ0v) is 16.1. The lowest BCUT2D eigenvalue weighted by Gasteiger charge is -2.26. The minimum atomic E-state index is -0.254. The summed E-state index contributed by atoms with van der Waals surface area (Å²) in [5.74, 6) is 0.355. The van der Waals surface area contributed by atoms with E-state index in [1.165, 1.54) is 24.0 Å². The molecule has 2 aliphatic heterocycles. The molecule has 27 heavy (non-hydrogen) atoms. The number of hydrogen-bond acceptors (Lipinski definition) is 5. The molecule has 0 radical (unpaired) electrons. The van der Waals surface area contributed by atoms with E-state index >= 15 is 0 Å². The fourth-order valence-corrected chi connectivity index (χ4v) is 4.29. The predicted octanol–water partition coefficient (Wildman–Crippen LogP) is 3.15. The maximum Gasteiger partial charge on any atom is 0.244 e. The zero-order chi connectivity index (χ0) is 19.1. The van der Waals surface area contributed by atoms with Gasteiger partial charge in [-0.15, -0.1) is 5.10 Å². The molecule has 1 atom stereocenters. The fraction of sp³-hybridized carbons (Fsp3) is 0.429. The maximum atomic E-state index is 9.79. The number of benzene rings is 1. The van der Waals surface area contributed by atoms with Crippen molar-refractivity contribution in [3.63, 3.8) is 0 Å². The second-order valence-electron chi connectivity index (χ2n) is 7.61. The SMILES string of the molecule is Cc1cc(C)c([C@@H]2C(C#N)=C(N)Oc3n[nH]c(C)c32)cc1CN1CCCC1. The predicted molar refractivity (Wildman–Crippen MR) is 103 cm³/mol. The van der Waals surface area contributed by atoms with E-state index in [4.69, 9.17) is 10.5 Å². The van der Waals surface area contributed by atoms with E-state index in [0.717, 1.165) is 42.0 Å². The van der Waals surface area contributed by atoms with Gasteiger partial charge >= 0.3 is 0 Å². The number of nitrogens with zero attached hydrogens (tertiary/aromatic N) is 3. The van der Waals surface area contributed by atoms with Gasteiger partial charge < -0.3 is 10.5 Å². The van der Waals surface area contributed by atoms with Crippen LogP contribution in [0.1, 0.15) is 52.3 Å². The van der Waals surface area contributed by atoms with E-state index in [-0.39, 0.29) is 11.8 Å². The molecule has 1 aromatic carbocycles. The van der Waals surface area contributed by atoms with Crippen LogP contribution in [0.25, 0.3) is 0 Å². The molecule has 6 heteroatoms. The molecule has 0 amide bonds. The summed E-state index contributed by atoms with van der Waals surface area (Å²) in [5, 5.41) is 17.0. The number of fused-ring (bicyclic) bond motifs is 1. The van der Waals surface area contributed by atoms with Gasteiger partial charge in [-0.2, -0.15) is 5.26 Å². The lowest BCUT2D eigenvalue weighted by Crippen LogP contribution is -2.22. The summed E-state index contributed by atoms with van der Waals surface area (Å²) < 4.78 is 5.59. The Balaban J connectivity index is 1.84. The van der Waals surface area contributed by atoms with Crippen molar-refractivity contribution >= 4 is 0 Å². The van der Waals surface area contributed by atoms with Gasteiger partial charge in [0.25, 0.3) is 0 Å². The molecule has 0 unspecified atom stereocenters. The molecule has 0 bridgehead atoms. The van der Waals surface area contributed by atoms with Crippen molar-refractivity contribution in [3.8, 4) is 11.9 Å². The van der Waals surface area contributed by atoms with Crippen LogP contribution in [0.5, 0.6) is 5.88 Å². The van der Waals surface area contributed by atoms with E-state index < -0.39 is 0 Å². The highest BCUT2D eigenvalue weighted by molar-refractivity contribution is 5.57. The van der Waals surface area contributed by atoms with Crippen molar-refractivity contribution < 1.29 is 4.74 Å². The quantitative estimate of drug-likeness (QED) is 0.874. The number of nitrogens with one attached hydrogen (secondary N) is 1. The molecule has 1 aromatic heterocycles. The molecule has 0 aliphatic carbocycles. The van der Waals surface area contributed by atoms with Crippen LogP contribution in [0.15, 0.2) is 23.6 Å². The van der Waals surface area contributed by atoms with Crippen LogP contribution in [0.4, 0.5) is 0 Å². The number of nitrogens with two attached hydrogens (primary N) is 1. The van der Waals surface area contributed by atoms with Crippen LogP contribution >= 0.6 is 0 Å². The minimum Gasteiger partial charge on any atom is -0.420 e. The highest BCUT2D eigenvalue weighted by atomic mass is 16.5. The molecule has 1 fully saturated rings. The Morgan fingerprint density at radius 3 is 2.70 bits per heavy atom. The first kappa shape index (κ1) is 17.6. The number of nitriles is 1. The second kappa shape index (κ2) is 6.75. The summed E-state index contributed by atoms with van der Waals surface area (Å²) in [5.41, 5.74) is 13.2. The highest BCUT2D eigenvalue weighted by Crippen LogP contribution is 2.44. The lowest BCUT2D eigenvalue weighted by molar-refractivity contribution is 0.330. The van der Waals surface area contributed by atoms with E-state index in [1.807, 2.05) is 6.92 Å². The number of rotatable bonds is 3. The van der Waals surface area contributed by atoms with Crippen LogP contribution in [-0.2, 0) is 6.54 Å². The molecule has 3 heterocycles. The van der Waals surface area contributed by atoms with Gasteiger partial charge in [0.1, 0.15) is 11.6 Å². The number of aromatic nitrogens is 2. The summed E-state index contributed by atoms with van der Waals surface area (Å²) >= 11 is 0. The fourth-order valence-electron chi connectivity index (χ4n) is 4.29. The highest BCUT2D eigenvalue weighted by Gasteiger charge is 2.35. The van der Waals surface area contributed by atoms with Crippen molar-refractivity contribution in [2.75, 3.05) is 13.1 Å². The molecule has 2 aliphatic rings. The Labute approximate surface area is 159 Å². The van der Waals surface area contributed by atoms with Gasteiger partial charge in [0.05, 0.1) is 5.92 Å². The largest absolute Gasteiger partial charge is 0.420 e. The van der Waals surface area contributed by atoms with Crippen molar-refractivity contribution in [3.05, 3.63) is 57.1 Å². The van der Waals surface area contributed by atoms with E-state index in [2.05, 4.69) is 47.1 Å². The molecule has 2 aromatic rings. The normalized spacial score (nSPS) is 19.7. The van der Waals surface area contributed by atoms with Crippen molar-refractivity contribution in [2.45, 2.75) is 46.1 Å². The summed E-state index contributed by atoms with van der Waals surface area (Å²) in [7, 11) is 0. The Morgan fingerprint density at radius 2 is 2.00 bits per heavy atom. The minimum absolute atomic E-state index is 0.141. The van der Waals surface area contributed by atoms with E-state index in [9.17, 15) is 5.26 Å². The molecule has 6 nitrogen and oxygen atoms in total. The maximum absolute atomic E-state index is 9.79. The van der Waals surface area contributed by atoms with Crippen molar-refractivity contribution in [2.24, 2.45) is 5.73 Å². The Morgan fingerprint density at radius 1 is 1.26 bits per heavy atom. The zero-order valence-electron chi connectivity index (χ0n) is 16.1. The van der Waals surface area contributed by atoms with E-state index in [0.29, 0.717) is 11.5 Å². The third-order valence-corrected chi connectivity index (χ3v) is 5.76. The van der Waals surface area contributed by atoms with Gasteiger partial charge in [0.2, 0.25) is 11.8 Å². The lowest BCUT2D eigenvalue weighted by atomic mass is 9.81. The van der Waals surface area contributed by atoms with Gasteiger partial charge in [0.15, 0.2) is 0 Å². The van der Waals surface area contributed by atoms with Crippen molar-refractivity contribution in [1.82, 2.24) is 15.1 Å². The van der Waals surface area contributed by atoms with Crippen LogP contribution in [0, 0.1) is 32.1 Å². The van der Waals surface area contributed by atoms with Crippen LogP contribution in [0.2, 0.25) is 0 Å². The third-order valence-electron chi connectivity index (χ3n) is 5.76. The van der Waals surface area contributed by atoms with Gasteiger partial charge in [-0.05, 0) is 69.0 Å². The Hall–Kier alpha value is -2.78. The number of allylic oxidation sites excluding steroid dienone is 1. The Bertz CT molecular complexity index is 960. The number of hydrogen-bond donors (Lipinski definition) is 2. The molecule has 0 saturated carbocycles. The van der Waals surface area contributed by atoms with Crippen LogP contribution in [-0.4, -0.2) is 28.2 Å². The van der Waals surface area contributed by atoms with Crippen molar-refractivity contribution in [1.29, 1.82) is 5.26 Å². The first-order chi connectivity index (χ1) is 13.0. The molecular weight excluding hydrogens is 338 g/mol. The number of ether oxygens (including phenoxy) is 1. The average Bonchev–Trinajstić information content (AvgIpc) is 3.26. The van der Waals surface area contributed by atoms with Gasteiger partial charge in [0, 0.05) is 17.8 Å². The first-order valence-electron chi connectivity index (χ1n) is 9.44. The second-order valence-corrected chi connectivity index (χ2v) is 7.61. The summed E-state index contributed by atoms with van der Waals surface area (Å²) in [6.45, 7) is 9.46. The number of aryl methyl sites for hydroxylation is 3. The molecular formula is C21H25N5O. The third kappa shape index (κ3) is 2.98. The number of aromatic amines is 1. The Kier molecular flexibility index (Phi) is 4.40. The smallest absolute Gasteiger partial charge is 0.244 e. The molecule has 140 valence electrons. The summed E-state index contributed by atoms with van der Waals surface area (Å²) in [6, 6.07) is 6.74. The van der Waals surface area contributed by atoms with Gasteiger partial charge in [-0.3, -0.25) is 10.00 Å². The summed E-state index contributed by atoms with van der Waals surface area (Å²) in [6.07, 6.45) is 2.54. The molecule has 3 N–H and O–H groups in total. The number of likely N-dealkylation sites (tertiary alicyclic amines) is 1. The van der Waals surface area contributed by atoms with Crippen LogP contribution in [0.3, 0.4) is 0 Å². The van der Waals surface area contributed by atoms with E-state index in [1.54, 1.807) is 0 Å². The van der Waals surface area contributed by atoms with Gasteiger partial charge in [-0.25, -0.2) is 0 Å². The first-order valence-corrected chi connectivity index (χ1v) is 9.44. The molecule has 1 saturated heterocycles. The summed E-state index contributed by atoms with van der Waals surface area (Å²) in [4.78, 5) is 2.50. The van der Waals surface area contributed by atoms with Gasteiger partial charge in [-0.1, -0.05) is 12.1 Å². The molecule has 0 spiro atoms. The number of H-pyrrole nitrogens is 1. The van der Waals surface area contributed by atoms with Crippen LogP contribution < -0.4 is 10.5 Å². The standard InChI is InChI=1S/C21H25N5O/c1-12-8-13(2)16(9-15(12)11-26-6-4-5-7-26)19-17(10-22)20(23)27-21-18(19)14(3)24-25-21/h8-9,19H,4-7,11,23H2,1-3H3,(H,24,25)/t19-/m1/s1. The molecule has 4 rings (SSSR count). The topological polar surface area (TPSA) is 91.0 Å². The monoisotopic (exact) mass is 363 g/mol. The average molecular weight is 363 g/mol.